The summed E-state index contributed by atoms with van der Waals surface area (Å²) in [6.45, 7) is 0. The van der Waals surface area contributed by atoms with Crippen LogP contribution in [0.15, 0.2) is 12.1 Å². The molecule has 0 heterocycles. The molecule has 0 atom stereocenters. The lowest BCUT2D eigenvalue weighted by atomic mass is 10.0. The number of carbonyl (C=O) groups excluding carboxylic acids is 1. The van der Waals surface area contributed by atoms with Crippen molar-refractivity contribution in [1.82, 2.24) is 0 Å². The Morgan fingerprint density at radius 1 is 1.25 bits per heavy atom. The molecular weight excluding hydrogens is 292 g/mol. The largest absolute Gasteiger partial charge is 0.465 e. The van der Waals surface area contributed by atoms with E-state index < -0.39 is 27.2 Å². The number of nitrogens with zero attached hydrogens (tertiary/aromatic N) is 2. The third-order valence-corrected chi connectivity index (χ3v) is 2.84. The summed E-state index contributed by atoms with van der Waals surface area (Å²) < 4.78 is 4.42. The highest BCUT2D eigenvalue weighted by atomic mass is 35.5. The van der Waals surface area contributed by atoms with Gasteiger partial charge >= 0.3 is 5.97 Å². The molecule has 0 amide bonds. The van der Waals surface area contributed by atoms with Crippen molar-refractivity contribution in [3.63, 3.8) is 0 Å². The molecule has 1 rings (SSSR count). The van der Waals surface area contributed by atoms with Crippen LogP contribution in [0.25, 0.3) is 0 Å². The van der Waals surface area contributed by atoms with E-state index in [1.165, 1.54) is 0 Å². The van der Waals surface area contributed by atoms with Crippen molar-refractivity contribution in [1.29, 1.82) is 0 Å². The van der Waals surface area contributed by atoms with Crippen LogP contribution >= 0.6 is 11.6 Å². The number of alkyl halides is 1. The van der Waals surface area contributed by atoms with Crippen LogP contribution in [0.4, 0.5) is 11.4 Å². The molecule has 0 bridgehead atoms. The Balaban J connectivity index is 3.50. The molecule has 9 heteroatoms. The van der Waals surface area contributed by atoms with E-state index in [-0.39, 0.29) is 23.4 Å². The summed E-state index contributed by atoms with van der Waals surface area (Å²) in [5.41, 5.74) is -1.25. The molecule has 0 unspecified atom stereocenters. The summed E-state index contributed by atoms with van der Waals surface area (Å²) in [5.74, 6) is -0.660. The SMILES string of the molecule is COC(=O)c1cc([N+](=O)[O-])c(CCCCl)c([N+](=O)[O-])c1. The van der Waals surface area contributed by atoms with Gasteiger partial charge in [0.25, 0.3) is 11.4 Å². The van der Waals surface area contributed by atoms with Crippen molar-refractivity contribution in [2.24, 2.45) is 0 Å². The molecule has 0 saturated carbocycles. The molecule has 0 spiro atoms. The van der Waals surface area contributed by atoms with Crippen LogP contribution in [0.2, 0.25) is 0 Å². The zero-order chi connectivity index (χ0) is 15.3. The second-order valence-electron chi connectivity index (χ2n) is 3.79. The number of nitro groups is 2. The van der Waals surface area contributed by atoms with Crippen LogP contribution in [0.3, 0.4) is 0 Å². The predicted molar refractivity (Wildman–Crippen MR) is 70.1 cm³/mol. The van der Waals surface area contributed by atoms with Gasteiger partial charge in [-0.2, -0.15) is 0 Å². The van der Waals surface area contributed by atoms with Crippen molar-refractivity contribution in [2.75, 3.05) is 13.0 Å². The minimum Gasteiger partial charge on any atom is -0.465 e. The molecule has 0 aromatic heterocycles. The van der Waals surface area contributed by atoms with Crippen molar-refractivity contribution in [2.45, 2.75) is 12.8 Å². The molecular formula is C11H11ClN2O6. The number of halogens is 1. The summed E-state index contributed by atoms with van der Waals surface area (Å²) in [7, 11) is 1.08. The van der Waals surface area contributed by atoms with Gasteiger partial charge in [-0.3, -0.25) is 20.2 Å². The van der Waals surface area contributed by atoms with Crippen LogP contribution in [0.5, 0.6) is 0 Å². The minimum atomic E-state index is -0.875. The minimum absolute atomic E-state index is 0.0479. The summed E-state index contributed by atoms with van der Waals surface area (Å²) in [6, 6.07) is 1.95. The van der Waals surface area contributed by atoms with Crippen LogP contribution in [0, 0.1) is 20.2 Å². The van der Waals surface area contributed by atoms with Crippen molar-refractivity contribution < 1.29 is 19.4 Å². The molecule has 0 aliphatic carbocycles. The Labute approximate surface area is 118 Å². The lowest BCUT2D eigenvalue weighted by molar-refractivity contribution is -0.395. The molecule has 20 heavy (non-hydrogen) atoms. The topological polar surface area (TPSA) is 113 Å². The molecule has 0 saturated heterocycles. The molecule has 0 aliphatic heterocycles. The van der Waals surface area contributed by atoms with Gasteiger partial charge in [0, 0.05) is 18.0 Å². The van der Waals surface area contributed by atoms with E-state index in [9.17, 15) is 25.0 Å². The number of hydrogen-bond donors (Lipinski definition) is 0. The number of esters is 1. The molecule has 0 N–H and O–H groups in total. The average molecular weight is 303 g/mol. The van der Waals surface area contributed by atoms with Gasteiger partial charge in [0.1, 0.15) is 5.56 Å². The average Bonchev–Trinajstić information content (AvgIpc) is 2.42. The first kappa shape index (κ1) is 15.8. The standard InChI is InChI=1S/C11H11ClN2O6/c1-20-11(15)7-5-9(13(16)17)8(3-2-4-12)10(6-7)14(18)19/h5-6H,2-4H2,1H3. The van der Waals surface area contributed by atoms with Gasteiger partial charge in [-0.05, 0) is 12.8 Å². The number of methoxy groups -OCH3 is 1. The van der Waals surface area contributed by atoms with Gasteiger partial charge in [0.15, 0.2) is 0 Å². The van der Waals surface area contributed by atoms with Gasteiger partial charge in [-0.25, -0.2) is 4.79 Å². The fourth-order valence-corrected chi connectivity index (χ4v) is 1.84. The number of nitro benzene ring substituents is 2. The Kier molecular flexibility index (Phi) is 5.39. The predicted octanol–water partition coefficient (Wildman–Crippen LogP) is 2.46. The Bertz CT molecular complexity index is 525. The van der Waals surface area contributed by atoms with Crippen LogP contribution in [-0.4, -0.2) is 28.8 Å². The number of ether oxygens (including phenoxy) is 1. The molecule has 108 valence electrons. The van der Waals surface area contributed by atoms with Crippen LogP contribution < -0.4 is 0 Å². The second kappa shape index (κ2) is 6.80. The third-order valence-electron chi connectivity index (χ3n) is 2.58. The molecule has 1 aromatic carbocycles. The zero-order valence-corrected chi connectivity index (χ0v) is 11.3. The van der Waals surface area contributed by atoms with E-state index in [0.717, 1.165) is 19.2 Å². The van der Waals surface area contributed by atoms with Crippen molar-refractivity contribution >= 4 is 28.9 Å². The Hall–Kier alpha value is -2.22. The van der Waals surface area contributed by atoms with E-state index >= 15 is 0 Å². The third kappa shape index (κ3) is 3.41. The lowest BCUT2D eigenvalue weighted by Crippen LogP contribution is -2.07. The van der Waals surface area contributed by atoms with E-state index in [1.807, 2.05) is 0 Å². The highest BCUT2D eigenvalue weighted by molar-refractivity contribution is 6.17. The van der Waals surface area contributed by atoms with Crippen LogP contribution in [-0.2, 0) is 11.2 Å². The number of hydrogen-bond acceptors (Lipinski definition) is 6. The monoisotopic (exact) mass is 302 g/mol. The highest BCUT2D eigenvalue weighted by Gasteiger charge is 2.28. The maximum Gasteiger partial charge on any atom is 0.338 e. The van der Waals surface area contributed by atoms with Crippen molar-refractivity contribution in [3.8, 4) is 0 Å². The van der Waals surface area contributed by atoms with E-state index in [4.69, 9.17) is 11.6 Å². The summed E-state index contributed by atoms with van der Waals surface area (Å²) in [5, 5.41) is 22.0. The molecule has 0 radical (unpaired) electrons. The normalized spacial score (nSPS) is 10.1. The van der Waals surface area contributed by atoms with Gasteiger partial charge in [-0.1, -0.05) is 0 Å². The molecule has 8 nitrogen and oxygen atoms in total. The smallest absolute Gasteiger partial charge is 0.338 e. The highest BCUT2D eigenvalue weighted by Crippen LogP contribution is 2.31. The first-order valence-corrected chi connectivity index (χ1v) is 6.05. The van der Waals surface area contributed by atoms with Gasteiger partial charge in [0.05, 0.1) is 22.5 Å². The molecule has 0 fully saturated rings. The van der Waals surface area contributed by atoms with Gasteiger partial charge in [-0.15, -0.1) is 11.6 Å². The molecule has 1 aromatic rings. The second-order valence-corrected chi connectivity index (χ2v) is 4.17. The fourth-order valence-electron chi connectivity index (χ4n) is 1.70. The summed E-state index contributed by atoms with van der Waals surface area (Å²) in [6.07, 6.45) is 0.429. The van der Waals surface area contributed by atoms with E-state index in [0.29, 0.717) is 6.42 Å². The first-order chi connectivity index (χ1) is 9.42. The van der Waals surface area contributed by atoms with Crippen LogP contribution in [0.1, 0.15) is 22.3 Å². The van der Waals surface area contributed by atoms with Crippen molar-refractivity contribution in [3.05, 3.63) is 43.5 Å². The Morgan fingerprint density at radius 3 is 2.10 bits per heavy atom. The number of rotatable bonds is 6. The maximum atomic E-state index is 11.4. The fraction of sp³-hybridized carbons (Fsp3) is 0.364. The van der Waals surface area contributed by atoms with Gasteiger partial charge in [0.2, 0.25) is 0 Å². The maximum absolute atomic E-state index is 11.4. The number of carbonyl (C=O) groups is 1. The van der Waals surface area contributed by atoms with E-state index in [2.05, 4.69) is 4.74 Å². The molecule has 0 aliphatic rings. The summed E-state index contributed by atoms with van der Waals surface area (Å²) in [4.78, 5) is 31.9. The summed E-state index contributed by atoms with van der Waals surface area (Å²) >= 11 is 5.51. The first-order valence-electron chi connectivity index (χ1n) is 5.52. The quantitative estimate of drug-likeness (QED) is 0.345. The van der Waals surface area contributed by atoms with E-state index in [1.54, 1.807) is 0 Å². The number of benzene rings is 1. The van der Waals surface area contributed by atoms with Gasteiger partial charge < -0.3 is 4.74 Å². The zero-order valence-electron chi connectivity index (χ0n) is 10.5. The lowest BCUT2D eigenvalue weighted by Gasteiger charge is -2.06. The Morgan fingerprint density at radius 2 is 1.75 bits per heavy atom.